The average molecular weight is 362 g/mol. The van der Waals surface area contributed by atoms with Gasteiger partial charge in [-0.1, -0.05) is 40.9 Å². The number of hydrogen-bond acceptors (Lipinski definition) is 3. The molecule has 0 radical (unpaired) electrons. The summed E-state index contributed by atoms with van der Waals surface area (Å²) in [6.45, 7) is 4.50. The Bertz CT molecular complexity index is 672. The summed E-state index contributed by atoms with van der Waals surface area (Å²) >= 11 is 19.2. The molecule has 7 heteroatoms. The summed E-state index contributed by atoms with van der Waals surface area (Å²) in [5.74, 6) is -0.228. The highest BCUT2D eigenvalue weighted by atomic mass is 35.5. The van der Waals surface area contributed by atoms with Gasteiger partial charge in [0, 0.05) is 17.6 Å². The molecule has 0 atom stereocenters. The monoisotopic (exact) mass is 360 g/mol. The molecule has 110 valence electrons. The normalized spacial score (nSPS) is 10.4. The number of amides is 1. The predicted octanol–water partition coefficient (Wildman–Crippen LogP) is 4.93. The van der Waals surface area contributed by atoms with Crippen LogP contribution in [-0.4, -0.2) is 22.3 Å². The number of pyridine rings is 1. The van der Waals surface area contributed by atoms with Crippen LogP contribution < -0.4 is 0 Å². The summed E-state index contributed by atoms with van der Waals surface area (Å²) in [4.78, 5) is 19.0. The maximum Gasteiger partial charge on any atom is 0.256 e. The summed E-state index contributed by atoms with van der Waals surface area (Å²) in [5.41, 5.74) is 0.321. The van der Waals surface area contributed by atoms with Crippen molar-refractivity contribution in [2.24, 2.45) is 0 Å². The Balaban J connectivity index is 2.26. The number of rotatable bonds is 5. The van der Waals surface area contributed by atoms with Crippen molar-refractivity contribution in [3.8, 4) is 0 Å². The lowest BCUT2D eigenvalue weighted by Crippen LogP contribution is -2.30. The van der Waals surface area contributed by atoms with Crippen LogP contribution >= 0.6 is 46.1 Å². The van der Waals surface area contributed by atoms with Crippen molar-refractivity contribution in [3.63, 3.8) is 0 Å². The number of hydrogen-bond donors (Lipinski definition) is 0. The SMILES string of the molecule is C=CCN(Cc1ccc(Cl)s1)C(=O)c1cc(Cl)ncc1Cl. The van der Waals surface area contributed by atoms with Crippen molar-refractivity contribution in [2.75, 3.05) is 6.54 Å². The zero-order valence-corrected chi connectivity index (χ0v) is 13.9. The fourth-order valence-electron chi connectivity index (χ4n) is 1.75. The van der Waals surface area contributed by atoms with Gasteiger partial charge in [-0.2, -0.15) is 0 Å². The van der Waals surface area contributed by atoms with E-state index < -0.39 is 0 Å². The van der Waals surface area contributed by atoms with Crippen molar-refractivity contribution in [1.29, 1.82) is 0 Å². The molecular formula is C14H11Cl3N2OS. The minimum Gasteiger partial charge on any atom is -0.330 e. The van der Waals surface area contributed by atoms with Gasteiger partial charge in [-0.25, -0.2) is 4.98 Å². The summed E-state index contributed by atoms with van der Waals surface area (Å²) < 4.78 is 0.681. The first-order chi connectivity index (χ1) is 10.0. The first kappa shape index (κ1) is 16.3. The van der Waals surface area contributed by atoms with E-state index in [1.54, 1.807) is 17.0 Å². The fourth-order valence-corrected chi connectivity index (χ4v) is 3.19. The molecule has 0 fully saturated rings. The number of carbonyl (C=O) groups excluding carboxylic acids is 1. The number of carbonyl (C=O) groups is 1. The minimum absolute atomic E-state index is 0.223. The molecule has 0 saturated heterocycles. The van der Waals surface area contributed by atoms with E-state index in [-0.39, 0.29) is 16.1 Å². The molecule has 2 aromatic heterocycles. The molecule has 0 saturated carbocycles. The molecular weight excluding hydrogens is 351 g/mol. The first-order valence-corrected chi connectivity index (χ1v) is 7.91. The Morgan fingerprint density at radius 2 is 2.14 bits per heavy atom. The van der Waals surface area contributed by atoms with Crippen molar-refractivity contribution in [1.82, 2.24) is 9.88 Å². The Morgan fingerprint density at radius 1 is 1.38 bits per heavy atom. The largest absolute Gasteiger partial charge is 0.330 e. The lowest BCUT2D eigenvalue weighted by Gasteiger charge is -2.21. The Hall–Kier alpha value is -1.07. The zero-order valence-electron chi connectivity index (χ0n) is 10.9. The van der Waals surface area contributed by atoms with Crippen molar-refractivity contribution in [2.45, 2.75) is 6.54 Å². The topological polar surface area (TPSA) is 33.2 Å². The standard InChI is InChI=1S/C14H11Cl3N2OS/c1-2-5-19(8-9-3-4-13(17)21-9)14(20)10-6-12(16)18-7-11(10)15/h2-4,6-7H,1,5,8H2. The van der Waals surface area contributed by atoms with Gasteiger partial charge in [0.15, 0.2) is 0 Å². The molecule has 0 spiro atoms. The molecule has 0 N–H and O–H groups in total. The molecule has 2 aromatic rings. The van der Waals surface area contributed by atoms with E-state index in [0.717, 1.165) is 4.88 Å². The lowest BCUT2D eigenvalue weighted by molar-refractivity contribution is 0.0764. The number of nitrogens with zero attached hydrogens (tertiary/aromatic N) is 2. The Morgan fingerprint density at radius 3 is 2.76 bits per heavy atom. The van der Waals surface area contributed by atoms with Gasteiger partial charge in [0.1, 0.15) is 5.15 Å². The molecule has 0 aromatic carbocycles. The molecule has 0 aliphatic heterocycles. The average Bonchev–Trinajstić information content (AvgIpc) is 2.86. The summed E-state index contributed by atoms with van der Waals surface area (Å²) in [6, 6.07) is 5.15. The summed E-state index contributed by atoms with van der Waals surface area (Å²) in [6.07, 6.45) is 3.02. The predicted molar refractivity (Wildman–Crippen MR) is 88.5 cm³/mol. The first-order valence-electron chi connectivity index (χ1n) is 5.96. The van der Waals surface area contributed by atoms with Gasteiger partial charge in [0.25, 0.3) is 5.91 Å². The van der Waals surface area contributed by atoms with E-state index >= 15 is 0 Å². The minimum atomic E-state index is -0.228. The van der Waals surface area contributed by atoms with Gasteiger partial charge < -0.3 is 4.90 Å². The van der Waals surface area contributed by atoms with E-state index in [4.69, 9.17) is 34.8 Å². The van der Waals surface area contributed by atoms with Gasteiger partial charge in [-0.05, 0) is 18.2 Å². The van der Waals surface area contributed by atoms with Gasteiger partial charge in [-0.15, -0.1) is 17.9 Å². The molecule has 0 unspecified atom stereocenters. The van der Waals surface area contributed by atoms with Gasteiger partial charge in [0.2, 0.25) is 0 Å². The van der Waals surface area contributed by atoms with Gasteiger partial charge in [-0.3, -0.25) is 4.79 Å². The Kier molecular flexibility index (Phi) is 5.65. The zero-order chi connectivity index (χ0) is 15.4. The van der Waals surface area contributed by atoms with E-state index in [1.807, 2.05) is 6.07 Å². The van der Waals surface area contributed by atoms with Crippen LogP contribution in [0.2, 0.25) is 14.5 Å². The van der Waals surface area contributed by atoms with E-state index in [1.165, 1.54) is 23.6 Å². The van der Waals surface area contributed by atoms with Crippen LogP contribution in [0.25, 0.3) is 0 Å². The highest BCUT2D eigenvalue weighted by Crippen LogP contribution is 2.25. The quantitative estimate of drug-likeness (QED) is 0.558. The maximum absolute atomic E-state index is 12.6. The summed E-state index contributed by atoms with van der Waals surface area (Å²) in [5, 5.41) is 0.489. The molecule has 2 rings (SSSR count). The molecule has 21 heavy (non-hydrogen) atoms. The summed E-state index contributed by atoms with van der Waals surface area (Å²) in [7, 11) is 0. The van der Waals surface area contributed by atoms with E-state index in [9.17, 15) is 4.79 Å². The van der Waals surface area contributed by atoms with Crippen LogP contribution in [0.5, 0.6) is 0 Å². The second-order valence-corrected chi connectivity index (χ2v) is 6.76. The van der Waals surface area contributed by atoms with E-state index in [0.29, 0.717) is 23.0 Å². The molecule has 1 amide bonds. The van der Waals surface area contributed by atoms with Gasteiger partial charge in [0.05, 0.1) is 21.5 Å². The second kappa shape index (κ2) is 7.27. The molecule has 0 aliphatic rings. The third kappa shape index (κ3) is 4.20. The number of aromatic nitrogens is 1. The van der Waals surface area contributed by atoms with Crippen LogP contribution in [0.15, 0.2) is 37.1 Å². The van der Waals surface area contributed by atoms with Crippen LogP contribution in [0.3, 0.4) is 0 Å². The molecule has 3 nitrogen and oxygen atoms in total. The van der Waals surface area contributed by atoms with Crippen LogP contribution in [0.1, 0.15) is 15.2 Å². The molecule has 0 bridgehead atoms. The smallest absolute Gasteiger partial charge is 0.256 e. The van der Waals surface area contributed by atoms with Crippen LogP contribution in [-0.2, 0) is 6.54 Å². The molecule has 2 heterocycles. The second-order valence-electron chi connectivity index (χ2n) is 4.17. The maximum atomic E-state index is 12.6. The Labute approximate surface area is 141 Å². The highest BCUT2D eigenvalue weighted by molar-refractivity contribution is 7.16. The van der Waals surface area contributed by atoms with Crippen molar-refractivity contribution in [3.05, 3.63) is 62.0 Å². The number of halogens is 3. The third-order valence-electron chi connectivity index (χ3n) is 2.66. The fraction of sp³-hybridized carbons (Fsp3) is 0.143. The van der Waals surface area contributed by atoms with Crippen LogP contribution in [0, 0.1) is 0 Å². The lowest BCUT2D eigenvalue weighted by atomic mass is 10.2. The number of thiophene rings is 1. The van der Waals surface area contributed by atoms with E-state index in [2.05, 4.69) is 11.6 Å². The van der Waals surface area contributed by atoms with Crippen molar-refractivity contribution >= 4 is 52.0 Å². The third-order valence-corrected chi connectivity index (χ3v) is 4.39. The highest BCUT2D eigenvalue weighted by Gasteiger charge is 2.19. The molecule has 0 aliphatic carbocycles. The van der Waals surface area contributed by atoms with Crippen LogP contribution in [0.4, 0.5) is 0 Å². The van der Waals surface area contributed by atoms with Crippen molar-refractivity contribution < 1.29 is 4.79 Å². The van der Waals surface area contributed by atoms with Gasteiger partial charge >= 0.3 is 0 Å².